The van der Waals surface area contributed by atoms with Crippen molar-refractivity contribution in [2.75, 3.05) is 7.11 Å². The van der Waals surface area contributed by atoms with E-state index in [0.717, 1.165) is 11.3 Å². The number of ether oxygens (including phenoxy) is 2. The van der Waals surface area contributed by atoms with Crippen LogP contribution in [-0.4, -0.2) is 23.2 Å². The molecule has 1 heterocycles. The highest BCUT2D eigenvalue weighted by atomic mass is 16.5. The van der Waals surface area contributed by atoms with Crippen LogP contribution in [0.15, 0.2) is 83.4 Å². The van der Waals surface area contributed by atoms with Crippen molar-refractivity contribution >= 4 is 5.97 Å². The molecule has 0 unspecified atom stereocenters. The third kappa shape index (κ3) is 3.76. The Balaban J connectivity index is 1.56. The lowest BCUT2D eigenvalue weighted by Gasteiger charge is -2.05. The Morgan fingerprint density at radius 3 is 2.36 bits per heavy atom. The first-order valence-electron chi connectivity index (χ1n) is 8.59. The van der Waals surface area contributed by atoms with Gasteiger partial charge >= 0.3 is 5.97 Å². The Bertz CT molecular complexity index is 1090. The summed E-state index contributed by atoms with van der Waals surface area (Å²) in [5, 5.41) is 4.05. The molecule has 4 aromatic rings. The largest absolute Gasteiger partial charge is 0.465 e. The van der Waals surface area contributed by atoms with Crippen molar-refractivity contribution in [1.82, 2.24) is 10.1 Å². The normalized spacial score (nSPS) is 10.5. The van der Waals surface area contributed by atoms with Gasteiger partial charge in [0.05, 0.1) is 12.7 Å². The zero-order valence-corrected chi connectivity index (χ0v) is 15.0. The lowest BCUT2D eigenvalue weighted by Crippen LogP contribution is -2.00. The second-order valence-electron chi connectivity index (χ2n) is 5.94. The number of esters is 1. The van der Waals surface area contributed by atoms with E-state index in [1.165, 1.54) is 7.11 Å². The summed E-state index contributed by atoms with van der Waals surface area (Å²) in [4.78, 5) is 16.0. The fraction of sp³-hybridized carbons (Fsp3) is 0.0455. The number of carbonyl (C=O) groups excluding carboxylic acids is 1. The van der Waals surface area contributed by atoms with Gasteiger partial charge in [-0.05, 0) is 48.5 Å². The van der Waals surface area contributed by atoms with Gasteiger partial charge in [-0.2, -0.15) is 4.98 Å². The van der Waals surface area contributed by atoms with E-state index in [2.05, 4.69) is 10.1 Å². The van der Waals surface area contributed by atoms with Crippen molar-refractivity contribution < 1.29 is 18.8 Å². The van der Waals surface area contributed by atoms with Gasteiger partial charge in [0.15, 0.2) is 0 Å². The van der Waals surface area contributed by atoms with Crippen LogP contribution in [0.3, 0.4) is 0 Å². The molecule has 0 saturated heterocycles. The van der Waals surface area contributed by atoms with Crippen molar-refractivity contribution in [3.8, 4) is 34.3 Å². The minimum Gasteiger partial charge on any atom is -0.465 e. The van der Waals surface area contributed by atoms with Crippen LogP contribution >= 0.6 is 0 Å². The van der Waals surface area contributed by atoms with Gasteiger partial charge in [0.25, 0.3) is 5.89 Å². The van der Waals surface area contributed by atoms with Crippen molar-refractivity contribution in [2.45, 2.75) is 0 Å². The zero-order valence-electron chi connectivity index (χ0n) is 15.0. The molecule has 0 fully saturated rings. The molecular formula is C22H16N2O4. The maximum atomic E-state index is 11.5. The summed E-state index contributed by atoms with van der Waals surface area (Å²) < 4.78 is 15.9. The maximum Gasteiger partial charge on any atom is 0.337 e. The molecule has 0 aliphatic carbocycles. The van der Waals surface area contributed by atoms with E-state index in [9.17, 15) is 4.79 Å². The fourth-order valence-electron chi connectivity index (χ4n) is 2.65. The van der Waals surface area contributed by atoms with E-state index in [-0.39, 0.29) is 0 Å². The first-order valence-corrected chi connectivity index (χ1v) is 8.59. The molecule has 0 N–H and O–H groups in total. The third-order valence-corrected chi connectivity index (χ3v) is 4.05. The van der Waals surface area contributed by atoms with Crippen LogP contribution in [0.4, 0.5) is 0 Å². The molecule has 6 nitrogen and oxygen atoms in total. The highest BCUT2D eigenvalue weighted by molar-refractivity contribution is 5.89. The Kier molecular flexibility index (Phi) is 4.84. The molecule has 0 aliphatic heterocycles. The van der Waals surface area contributed by atoms with Crippen molar-refractivity contribution in [1.29, 1.82) is 0 Å². The number of benzene rings is 3. The Labute approximate surface area is 161 Å². The number of aromatic nitrogens is 2. The van der Waals surface area contributed by atoms with Gasteiger partial charge in [-0.15, -0.1) is 0 Å². The number of nitrogens with zero attached hydrogens (tertiary/aromatic N) is 2. The topological polar surface area (TPSA) is 74.5 Å². The third-order valence-electron chi connectivity index (χ3n) is 4.05. The predicted octanol–water partition coefficient (Wildman–Crippen LogP) is 4.98. The molecule has 0 saturated carbocycles. The maximum absolute atomic E-state index is 11.5. The number of methoxy groups -OCH3 is 1. The molecule has 0 radical (unpaired) electrons. The summed E-state index contributed by atoms with van der Waals surface area (Å²) in [6.45, 7) is 0. The first kappa shape index (κ1) is 17.5. The van der Waals surface area contributed by atoms with Crippen LogP contribution in [0.5, 0.6) is 11.5 Å². The van der Waals surface area contributed by atoms with Gasteiger partial charge in [0.2, 0.25) is 5.82 Å². The Hall–Kier alpha value is -3.93. The number of hydrogen-bond acceptors (Lipinski definition) is 6. The van der Waals surface area contributed by atoms with Crippen LogP contribution in [-0.2, 0) is 4.74 Å². The molecule has 4 rings (SSSR count). The zero-order chi connectivity index (χ0) is 19.3. The number of para-hydroxylation sites is 1. The van der Waals surface area contributed by atoms with E-state index in [0.29, 0.717) is 28.6 Å². The van der Waals surface area contributed by atoms with E-state index in [4.69, 9.17) is 14.0 Å². The highest BCUT2D eigenvalue weighted by Gasteiger charge is 2.13. The Morgan fingerprint density at radius 1 is 0.857 bits per heavy atom. The molecule has 0 amide bonds. The SMILES string of the molecule is COC(=O)c1ccc(-c2nc(-c3cccc(Oc4ccccc4)c3)no2)cc1. The second-order valence-corrected chi connectivity index (χ2v) is 5.94. The smallest absolute Gasteiger partial charge is 0.337 e. The molecule has 138 valence electrons. The lowest BCUT2D eigenvalue weighted by atomic mass is 10.1. The van der Waals surface area contributed by atoms with Crippen molar-refractivity contribution in [3.05, 3.63) is 84.4 Å². The monoisotopic (exact) mass is 372 g/mol. The molecule has 6 heteroatoms. The predicted molar refractivity (Wildman–Crippen MR) is 103 cm³/mol. The summed E-state index contributed by atoms with van der Waals surface area (Å²) in [7, 11) is 1.34. The Morgan fingerprint density at radius 2 is 1.61 bits per heavy atom. The molecule has 0 aliphatic rings. The quantitative estimate of drug-likeness (QED) is 0.460. The fourth-order valence-corrected chi connectivity index (χ4v) is 2.65. The minimum absolute atomic E-state index is 0.362. The second kappa shape index (κ2) is 7.75. The van der Waals surface area contributed by atoms with Gasteiger partial charge in [-0.25, -0.2) is 4.79 Å². The minimum atomic E-state index is -0.395. The van der Waals surface area contributed by atoms with Crippen LogP contribution in [0.25, 0.3) is 22.8 Å². The summed E-state index contributed by atoms with van der Waals surface area (Å²) in [5.41, 5.74) is 1.94. The molecule has 1 aromatic heterocycles. The summed E-state index contributed by atoms with van der Waals surface area (Å²) in [6.07, 6.45) is 0. The van der Waals surface area contributed by atoms with Gasteiger partial charge in [0, 0.05) is 11.1 Å². The number of hydrogen-bond donors (Lipinski definition) is 0. The van der Waals surface area contributed by atoms with Gasteiger partial charge in [-0.1, -0.05) is 35.5 Å². The van der Waals surface area contributed by atoms with Crippen LogP contribution in [0.2, 0.25) is 0 Å². The van der Waals surface area contributed by atoms with E-state index < -0.39 is 5.97 Å². The molecular weight excluding hydrogens is 356 g/mol. The highest BCUT2D eigenvalue weighted by Crippen LogP contribution is 2.27. The van der Waals surface area contributed by atoms with E-state index in [1.54, 1.807) is 24.3 Å². The van der Waals surface area contributed by atoms with Crippen molar-refractivity contribution in [3.63, 3.8) is 0 Å². The summed E-state index contributed by atoms with van der Waals surface area (Å²) in [6, 6.07) is 23.8. The molecule has 0 atom stereocenters. The van der Waals surface area contributed by atoms with E-state index >= 15 is 0 Å². The number of carbonyl (C=O) groups is 1. The summed E-state index contributed by atoms with van der Waals surface area (Å²) in [5.74, 6) is 1.84. The molecule has 0 spiro atoms. The number of rotatable bonds is 5. The molecule has 0 bridgehead atoms. The molecule has 28 heavy (non-hydrogen) atoms. The molecule has 3 aromatic carbocycles. The van der Waals surface area contributed by atoms with Gasteiger partial charge in [-0.3, -0.25) is 0 Å². The van der Waals surface area contributed by atoms with Crippen LogP contribution in [0.1, 0.15) is 10.4 Å². The standard InChI is InChI=1S/C22H16N2O4/c1-26-22(25)16-12-10-15(11-13-16)21-23-20(24-28-21)17-6-5-9-19(14-17)27-18-7-3-2-4-8-18/h2-14H,1H3. The van der Waals surface area contributed by atoms with Crippen molar-refractivity contribution in [2.24, 2.45) is 0 Å². The average Bonchev–Trinajstić information content (AvgIpc) is 3.25. The average molecular weight is 372 g/mol. The summed E-state index contributed by atoms with van der Waals surface area (Å²) >= 11 is 0. The van der Waals surface area contributed by atoms with Crippen LogP contribution < -0.4 is 4.74 Å². The van der Waals surface area contributed by atoms with Gasteiger partial charge < -0.3 is 14.0 Å². The first-order chi connectivity index (χ1) is 13.7. The van der Waals surface area contributed by atoms with Crippen LogP contribution in [0, 0.1) is 0 Å². The van der Waals surface area contributed by atoms with E-state index in [1.807, 2.05) is 54.6 Å². The van der Waals surface area contributed by atoms with Gasteiger partial charge in [0.1, 0.15) is 11.5 Å². The lowest BCUT2D eigenvalue weighted by molar-refractivity contribution is 0.0600.